The van der Waals surface area contributed by atoms with Crippen LogP contribution in [0.5, 0.6) is 0 Å². The average Bonchev–Trinajstić information content (AvgIpc) is 2.13. The first-order valence-corrected chi connectivity index (χ1v) is 5.52. The van der Waals surface area contributed by atoms with Crippen molar-refractivity contribution in [3.63, 3.8) is 0 Å². The number of halogens is 2. The molecule has 0 fully saturated rings. The van der Waals surface area contributed by atoms with Crippen molar-refractivity contribution in [3.8, 4) is 6.07 Å². The summed E-state index contributed by atoms with van der Waals surface area (Å²) in [5, 5.41) is 17.4. The third-order valence-corrected chi connectivity index (χ3v) is 4.19. The van der Waals surface area contributed by atoms with Gasteiger partial charge >= 0.3 is 5.97 Å². The lowest BCUT2D eigenvalue weighted by Gasteiger charge is -2.05. The summed E-state index contributed by atoms with van der Waals surface area (Å²) >= 11 is 5.36. The molecule has 72 valence electrons. The number of rotatable bonds is 2. The minimum atomic E-state index is -0.941. The number of carbonyl (C=O) groups is 1. The van der Waals surface area contributed by atoms with E-state index < -0.39 is 5.97 Å². The molecule has 0 heterocycles. The van der Waals surface area contributed by atoms with E-state index in [1.54, 1.807) is 12.1 Å². The standard InChI is InChI=1S/C9H5BrINO2/c10-9-6(3-8(13)14)5(4-12)1-2-7(9)11/h1-2H,3H2,(H,13,14). The van der Waals surface area contributed by atoms with Crippen LogP contribution in [0.4, 0.5) is 0 Å². The Labute approximate surface area is 103 Å². The lowest BCUT2D eigenvalue weighted by molar-refractivity contribution is -0.136. The molecule has 0 bridgehead atoms. The lowest BCUT2D eigenvalue weighted by Crippen LogP contribution is -2.04. The fraction of sp³-hybridized carbons (Fsp3) is 0.111. The van der Waals surface area contributed by atoms with Crippen LogP contribution in [0.15, 0.2) is 16.6 Å². The van der Waals surface area contributed by atoms with Crippen LogP contribution in [0.2, 0.25) is 0 Å². The summed E-state index contributed by atoms with van der Waals surface area (Å²) < 4.78 is 1.59. The quantitative estimate of drug-likeness (QED) is 0.819. The molecule has 0 aliphatic rings. The summed E-state index contributed by atoms with van der Waals surface area (Å²) in [6.07, 6.45) is -0.139. The zero-order chi connectivity index (χ0) is 10.7. The second-order valence-corrected chi connectivity index (χ2v) is 4.52. The first-order chi connectivity index (χ1) is 6.56. The zero-order valence-electron chi connectivity index (χ0n) is 6.92. The Morgan fingerprint density at radius 3 is 2.79 bits per heavy atom. The van der Waals surface area contributed by atoms with Gasteiger partial charge in [-0.2, -0.15) is 5.26 Å². The smallest absolute Gasteiger partial charge is 0.307 e. The number of hydrogen-bond donors (Lipinski definition) is 1. The van der Waals surface area contributed by atoms with E-state index in [-0.39, 0.29) is 6.42 Å². The van der Waals surface area contributed by atoms with E-state index in [2.05, 4.69) is 38.5 Å². The van der Waals surface area contributed by atoms with E-state index in [1.807, 2.05) is 6.07 Å². The molecule has 0 saturated carbocycles. The number of aliphatic carboxylic acids is 1. The second-order valence-electron chi connectivity index (χ2n) is 2.57. The van der Waals surface area contributed by atoms with Gasteiger partial charge in [-0.05, 0) is 56.2 Å². The lowest BCUT2D eigenvalue weighted by atomic mass is 10.1. The maximum absolute atomic E-state index is 10.6. The topological polar surface area (TPSA) is 61.1 Å². The molecule has 0 aromatic heterocycles. The summed E-state index contributed by atoms with van der Waals surface area (Å²) in [7, 11) is 0. The van der Waals surface area contributed by atoms with Crippen molar-refractivity contribution in [2.75, 3.05) is 0 Å². The molecule has 14 heavy (non-hydrogen) atoms. The predicted octanol–water partition coefficient (Wildman–Crippen LogP) is 2.55. The Bertz CT molecular complexity index is 426. The highest BCUT2D eigenvalue weighted by Crippen LogP contribution is 2.26. The number of benzene rings is 1. The molecule has 1 rings (SSSR count). The van der Waals surface area contributed by atoms with Crippen LogP contribution in [-0.4, -0.2) is 11.1 Å². The third kappa shape index (κ3) is 2.45. The molecule has 0 amide bonds. The van der Waals surface area contributed by atoms with Crippen LogP contribution in [0.3, 0.4) is 0 Å². The highest BCUT2D eigenvalue weighted by molar-refractivity contribution is 14.1. The van der Waals surface area contributed by atoms with E-state index in [1.165, 1.54) is 0 Å². The van der Waals surface area contributed by atoms with Gasteiger partial charge in [0.1, 0.15) is 0 Å². The molecule has 1 N–H and O–H groups in total. The van der Waals surface area contributed by atoms with Crippen LogP contribution in [0.1, 0.15) is 11.1 Å². The Balaban J connectivity index is 3.29. The van der Waals surface area contributed by atoms with Crippen molar-refractivity contribution in [3.05, 3.63) is 31.3 Å². The number of carboxylic acids is 1. The van der Waals surface area contributed by atoms with Crippen molar-refractivity contribution in [1.29, 1.82) is 5.26 Å². The molecular weight excluding hydrogens is 361 g/mol. The maximum atomic E-state index is 10.6. The minimum Gasteiger partial charge on any atom is -0.481 e. The molecule has 5 heteroatoms. The SMILES string of the molecule is N#Cc1ccc(I)c(Br)c1CC(=O)O. The number of carboxylic acid groups (broad SMARTS) is 1. The van der Waals surface area contributed by atoms with Crippen molar-refractivity contribution < 1.29 is 9.90 Å². The van der Waals surface area contributed by atoms with Crippen LogP contribution < -0.4 is 0 Å². The third-order valence-electron chi connectivity index (χ3n) is 1.64. The van der Waals surface area contributed by atoms with E-state index in [0.29, 0.717) is 15.6 Å². The molecule has 3 nitrogen and oxygen atoms in total. The fourth-order valence-electron chi connectivity index (χ4n) is 1.02. The molecule has 1 aromatic rings. The molecule has 0 spiro atoms. The van der Waals surface area contributed by atoms with Gasteiger partial charge in [0, 0.05) is 8.04 Å². The van der Waals surface area contributed by atoms with Gasteiger partial charge in [-0.25, -0.2) is 0 Å². The van der Waals surface area contributed by atoms with Gasteiger partial charge in [0.2, 0.25) is 0 Å². The normalized spacial score (nSPS) is 9.50. The van der Waals surface area contributed by atoms with Gasteiger partial charge in [0.25, 0.3) is 0 Å². The highest BCUT2D eigenvalue weighted by Gasteiger charge is 2.12. The van der Waals surface area contributed by atoms with Crippen molar-refractivity contribution >= 4 is 44.5 Å². The summed E-state index contributed by atoms with van der Waals surface area (Å²) in [5.41, 5.74) is 0.937. The van der Waals surface area contributed by atoms with Gasteiger partial charge in [-0.15, -0.1) is 0 Å². The van der Waals surface area contributed by atoms with Crippen molar-refractivity contribution in [2.45, 2.75) is 6.42 Å². The molecule has 0 atom stereocenters. The molecule has 0 radical (unpaired) electrons. The number of hydrogen-bond acceptors (Lipinski definition) is 2. The summed E-state index contributed by atoms with van der Waals surface area (Å²) in [5.74, 6) is -0.941. The number of nitriles is 1. The van der Waals surface area contributed by atoms with E-state index in [9.17, 15) is 4.79 Å². The Morgan fingerprint density at radius 1 is 1.64 bits per heavy atom. The Hall–Kier alpha value is -0.610. The van der Waals surface area contributed by atoms with E-state index >= 15 is 0 Å². The molecule has 0 aliphatic carbocycles. The van der Waals surface area contributed by atoms with E-state index in [4.69, 9.17) is 10.4 Å². The van der Waals surface area contributed by atoms with E-state index in [0.717, 1.165) is 3.57 Å². The minimum absolute atomic E-state index is 0.139. The fourth-order valence-corrected chi connectivity index (χ4v) is 2.01. The highest BCUT2D eigenvalue weighted by atomic mass is 127. The largest absolute Gasteiger partial charge is 0.481 e. The molecule has 0 saturated heterocycles. The van der Waals surface area contributed by atoms with Crippen LogP contribution >= 0.6 is 38.5 Å². The average molecular weight is 366 g/mol. The molecule has 0 aliphatic heterocycles. The van der Waals surface area contributed by atoms with Crippen LogP contribution in [0, 0.1) is 14.9 Å². The summed E-state index contributed by atoms with van der Waals surface area (Å²) in [6.45, 7) is 0. The number of nitrogens with zero attached hydrogens (tertiary/aromatic N) is 1. The molecule has 0 unspecified atom stereocenters. The van der Waals surface area contributed by atoms with Crippen LogP contribution in [0.25, 0.3) is 0 Å². The molecular formula is C9H5BrINO2. The van der Waals surface area contributed by atoms with Gasteiger partial charge < -0.3 is 5.11 Å². The van der Waals surface area contributed by atoms with Crippen LogP contribution in [-0.2, 0) is 11.2 Å². The first kappa shape index (κ1) is 11.5. The van der Waals surface area contributed by atoms with Gasteiger partial charge in [0.05, 0.1) is 18.1 Å². The summed E-state index contributed by atoms with van der Waals surface area (Å²) in [4.78, 5) is 10.6. The first-order valence-electron chi connectivity index (χ1n) is 3.65. The molecule has 1 aromatic carbocycles. The Kier molecular flexibility index (Phi) is 3.89. The van der Waals surface area contributed by atoms with Gasteiger partial charge in [-0.3, -0.25) is 4.79 Å². The Morgan fingerprint density at radius 2 is 2.29 bits per heavy atom. The zero-order valence-corrected chi connectivity index (χ0v) is 10.7. The predicted molar refractivity (Wildman–Crippen MR) is 62.9 cm³/mol. The van der Waals surface area contributed by atoms with Crippen molar-refractivity contribution in [1.82, 2.24) is 0 Å². The summed E-state index contributed by atoms with van der Waals surface area (Å²) in [6, 6.07) is 5.37. The monoisotopic (exact) mass is 365 g/mol. The van der Waals surface area contributed by atoms with Gasteiger partial charge in [0.15, 0.2) is 0 Å². The maximum Gasteiger partial charge on any atom is 0.307 e. The van der Waals surface area contributed by atoms with Crippen molar-refractivity contribution in [2.24, 2.45) is 0 Å². The second kappa shape index (κ2) is 4.75. The van der Waals surface area contributed by atoms with Gasteiger partial charge in [-0.1, -0.05) is 0 Å².